The van der Waals surface area contributed by atoms with E-state index in [1.165, 1.54) is 30.9 Å². The number of rotatable bonds is 7. The third kappa shape index (κ3) is 6.48. The number of carbonyl (C=O) groups is 1. The summed E-state index contributed by atoms with van der Waals surface area (Å²) in [4.78, 5) is 13.8. The van der Waals surface area contributed by atoms with Gasteiger partial charge in [0.2, 0.25) is 0 Å². The van der Waals surface area contributed by atoms with Crippen molar-refractivity contribution < 1.29 is 9.53 Å². The van der Waals surface area contributed by atoms with Crippen LogP contribution in [0.15, 0.2) is 23.3 Å². The van der Waals surface area contributed by atoms with Gasteiger partial charge in [-0.2, -0.15) is 0 Å². The summed E-state index contributed by atoms with van der Waals surface area (Å²) < 4.78 is 5.29. The molecule has 0 radical (unpaired) electrons. The van der Waals surface area contributed by atoms with E-state index in [0.717, 1.165) is 19.6 Å². The molecule has 0 aromatic heterocycles. The molecule has 0 unspecified atom stereocenters. The molecule has 3 nitrogen and oxygen atoms in total. The molecule has 27 heavy (non-hydrogen) atoms. The molecule has 2 rings (SSSR count). The highest BCUT2D eigenvalue weighted by atomic mass is 16.5. The third-order valence-electron chi connectivity index (χ3n) is 6.85. The molecule has 3 heteroatoms. The lowest BCUT2D eigenvalue weighted by Gasteiger charge is -2.41. The Labute approximate surface area is 167 Å². The van der Waals surface area contributed by atoms with E-state index < -0.39 is 0 Å². The molecule has 0 amide bonds. The number of carbonyl (C=O) groups excluding carboxylic acids is 1. The van der Waals surface area contributed by atoms with Crippen LogP contribution in [0, 0.1) is 35.5 Å². The van der Waals surface area contributed by atoms with Crippen LogP contribution in [0.1, 0.15) is 61.3 Å². The van der Waals surface area contributed by atoms with Crippen molar-refractivity contribution in [3.63, 3.8) is 0 Å². The predicted octanol–water partition coefficient (Wildman–Crippen LogP) is 5.33. The van der Waals surface area contributed by atoms with Gasteiger partial charge in [-0.1, -0.05) is 51.0 Å². The van der Waals surface area contributed by atoms with Gasteiger partial charge in [0.05, 0.1) is 0 Å². The lowest BCUT2D eigenvalue weighted by molar-refractivity contribution is -0.141. The summed E-state index contributed by atoms with van der Waals surface area (Å²) >= 11 is 0. The van der Waals surface area contributed by atoms with Crippen molar-refractivity contribution in [3.05, 3.63) is 23.3 Å². The number of esters is 1. The molecule has 0 saturated carbocycles. The maximum atomic E-state index is 11.2. The van der Waals surface area contributed by atoms with E-state index in [9.17, 15) is 4.79 Å². The number of nitrogens with zero attached hydrogens (tertiary/aromatic N) is 1. The lowest BCUT2D eigenvalue weighted by Crippen LogP contribution is -2.43. The monoisotopic (exact) mass is 375 g/mol. The highest BCUT2D eigenvalue weighted by Crippen LogP contribution is 2.36. The summed E-state index contributed by atoms with van der Waals surface area (Å²) in [5.74, 6) is 3.84. The average Bonchev–Trinajstić information content (AvgIpc) is 2.53. The van der Waals surface area contributed by atoms with Gasteiger partial charge >= 0.3 is 5.97 Å². The van der Waals surface area contributed by atoms with Gasteiger partial charge < -0.3 is 4.74 Å². The summed E-state index contributed by atoms with van der Waals surface area (Å²) in [7, 11) is 0. The fraction of sp³-hybridized carbons (Fsp3) is 0.792. The second-order valence-corrected chi connectivity index (χ2v) is 9.53. The first-order valence-corrected chi connectivity index (χ1v) is 10.9. The fourth-order valence-corrected chi connectivity index (χ4v) is 5.50. The molecule has 0 aromatic carbocycles. The molecule has 0 fully saturated rings. The van der Waals surface area contributed by atoms with Gasteiger partial charge in [0.25, 0.3) is 0 Å². The molecule has 2 aliphatic carbocycles. The highest BCUT2D eigenvalue weighted by molar-refractivity contribution is 5.65. The summed E-state index contributed by atoms with van der Waals surface area (Å²) in [6, 6.07) is 0. The van der Waals surface area contributed by atoms with E-state index in [4.69, 9.17) is 4.74 Å². The Morgan fingerprint density at radius 3 is 1.78 bits per heavy atom. The van der Waals surface area contributed by atoms with Crippen molar-refractivity contribution in [1.29, 1.82) is 0 Å². The third-order valence-corrected chi connectivity index (χ3v) is 6.85. The first-order valence-electron chi connectivity index (χ1n) is 10.9. The Kier molecular flexibility index (Phi) is 8.15. The summed E-state index contributed by atoms with van der Waals surface area (Å²) in [6.45, 7) is 19.1. The molecule has 154 valence electrons. The number of allylic oxidation sites excluding steroid dienone is 4. The first kappa shape index (κ1) is 22.2. The quantitative estimate of drug-likeness (QED) is 0.445. The molecule has 0 N–H and O–H groups in total. The maximum Gasteiger partial charge on any atom is 0.302 e. The van der Waals surface area contributed by atoms with Gasteiger partial charge in [0.1, 0.15) is 6.61 Å². The van der Waals surface area contributed by atoms with Crippen LogP contribution in [0.4, 0.5) is 0 Å². The molecule has 0 spiro atoms. The standard InChI is InChI=1S/C24H41NO2/c1-16-10-18(3)23(19(4)11-16)14-25(8-9-27-22(7)26)15-24-20(5)12-17(2)13-21(24)6/h10,12,18-21,23-24H,8-9,11,13-15H2,1-7H3/t18-,19+,20+,21-,23-,24-/m0/s1. The van der Waals surface area contributed by atoms with E-state index in [1.54, 1.807) is 0 Å². The van der Waals surface area contributed by atoms with Gasteiger partial charge in [-0.15, -0.1) is 0 Å². The van der Waals surface area contributed by atoms with Crippen LogP contribution < -0.4 is 0 Å². The predicted molar refractivity (Wildman–Crippen MR) is 113 cm³/mol. The van der Waals surface area contributed by atoms with Gasteiger partial charge in [0.15, 0.2) is 0 Å². The van der Waals surface area contributed by atoms with E-state index in [0.29, 0.717) is 42.1 Å². The first-order chi connectivity index (χ1) is 12.7. The minimum Gasteiger partial charge on any atom is -0.465 e. The molecular weight excluding hydrogens is 334 g/mol. The van der Waals surface area contributed by atoms with E-state index in [1.807, 2.05) is 0 Å². The molecule has 0 aromatic rings. The van der Waals surface area contributed by atoms with Gasteiger partial charge in [-0.25, -0.2) is 0 Å². The van der Waals surface area contributed by atoms with Crippen LogP contribution in [-0.4, -0.2) is 37.1 Å². The Bertz CT molecular complexity index is 525. The zero-order valence-electron chi connectivity index (χ0n) is 18.6. The van der Waals surface area contributed by atoms with Crippen molar-refractivity contribution in [3.8, 4) is 0 Å². The minimum absolute atomic E-state index is 0.175. The zero-order chi connectivity index (χ0) is 20.1. The number of ether oxygens (including phenoxy) is 1. The largest absolute Gasteiger partial charge is 0.465 e. The zero-order valence-corrected chi connectivity index (χ0v) is 18.6. The molecule has 0 bridgehead atoms. The second-order valence-electron chi connectivity index (χ2n) is 9.53. The Morgan fingerprint density at radius 1 is 0.963 bits per heavy atom. The van der Waals surface area contributed by atoms with Crippen LogP contribution in [-0.2, 0) is 9.53 Å². The van der Waals surface area contributed by atoms with Gasteiger partial charge in [-0.05, 0) is 62.2 Å². The van der Waals surface area contributed by atoms with Crippen molar-refractivity contribution in [2.24, 2.45) is 35.5 Å². The SMILES string of the molecule is CC(=O)OCCN(C[C@@H]1[C@H](C)CC(C)=C[C@@H]1C)C[C@H]1[C@H](C)C=C(C)C[C@@H]1C. The topological polar surface area (TPSA) is 29.5 Å². The number of hydrogen-bond donors (Lipinski definition) is 0. The van der Waals surface area contributed by atoms with Crippen molar-refractivity contribution >= 4 is 5.97 Å². The Balaban J connectivity index is 2.07. The normalized spacial score (nSPS) is 34.2. The smallest absolute Gasteiger partial charge is 0.302 e. The van der Waals surface area contributed by atoms with Crippen molar-refractivity contribution in [1.82, 2.24) is 4.90 Å². The Hall–Kier alpha value is -1.09. The van der Waals surface area contributed by atoms with Gasteiger partial charge in [-0.3, -0.25) is 9.69 Å². The van der Waals surface area contributed by atoms with Crippen LogP contribution in [0.3, 0.4) is 0 Å². The van der Waals surface area contributed by atoms with Crippen LogP contribution in [0.5, 0.6) is 0 Å². The molecule has 6 atom stereocenters. The fourth-order valence-electron chi connectivity index (χ4n) is 5.50. The van der Waals surface area contributed by atoms with Crippen LogP contribution in [0.2, 0.25) is 0 Å². The maximum absolute atomic E-state index is 11.2. The second kappa shape index (κ2) is 9.91. The van der Waals surface area contributed by atoms with Crippen molar-refractivity contribution in [2.45, 2.75) is 61.3 Å². The molecule has 2 aliphatic rings. The van der Waals surface area contributed by atoms with E-state index in [2.05, 4.69) is 58.6 Å². The molecule has 0 aliphatic heterocycles. The molecule has 0 heterocycles. The van der Waals surface area contributed by atoms with Crippen LogP contribution >= 0.6 is 0 Å². The van der Waals surface area contributed by atoms with E-state index in [-0.39, 0.29) is 5.97 Å². The summed E-state index contributed by atoms with van der Waals surface area (Å²) in [5.41, 5.74) is 3.07. The minimum atomic E-state index is -0.175. The van der Waals surface area contributed by atoms with Crippen LogP contribution in [0.25, 0.3) is 0 Å². The molecular formula is C24H41NO2. The van der Waals surface area contributed by atoms with Gasteiger partial charge in [0, 0.05) is 26.6 Å². The average molecular weight is 376 g/mol. The van der Waals surface area contributed by atoms with E-state index >= 15 is 0 Å². The summed E-state index contributed by atoms with van der Waals surface area (Å²) in [6.07, 6.45) is 7.36. The number of hydrogen-bond acceptors (Lipinski definition) is 3. The highest BCUT2D eigenvalue weighted by Gasteiger charge is 2.32. The Morgan fingerprint density at radius 2 is 1.41 bits per heavy atom. The molecule has 0 saturated heterocycles. The summed E-state index contributed by atoms with van der Waals surface area (Å²) in [5, 5.41) is 0. The van der Waals surface area contributed by atoms with Crippen molar-refractivity contribution in [2.75, 3.05) is 26.2 Å². The lowest BCUT2D eigenvalue weighted by atomic mass is 9.73.